The average Bonchev–Trinajstić information content (AvgIpc) is 3.83. The monoisotopic (exact) mass is 719 g/mol. The standard InChI is InChI=1S/C52H37N3O/c1-4-16-34(17-5-1)37-22-14-23-38(30-37)39-31-43-40-24-11-13-29-49(40)56-51(43)48(32-39)55-46-27-12-10-25-42(46)50-41(26-15-28-47(50)55)45-33-44(35-18-6-2-7-19-35)53-52(54-45)36-20-8-3-9-21-36/h1-9,11,13-33,52,54H,10,12H2. The number of aliphatic imine (C=N–C) groups is 1. The van der Waals surface area contributed by atoms with Gasteiger partial charge in [0.05, 0.1) is 16.9 Å². The highest BCUT2D eigenvalue weighted by Crippen LogP contribution is 2.39. The molecule has 9 aromatic rings. The van der Waals surface area contributed by atoms with Gasteiger partial charge in [-0.25, -0.2) is 0 Å². The van der Waals surface area contributed by atoms with Gasteiger partial charge in [-0.1, -0.05) is 152 Å². The number of furan rings is 1. The third kappa shape index (κ3) is 5.41. The molecule has 0 amide bonds. The van der Waals surface area contributed by atoms with E-state index in [1.165, 1.54) is 27.1 Å². The van der Waals surface area contributed by atoms with Crippen molar-refractivity contribution >= 4 is 56.4 Å². The van der Waals surface area contributed by atoms with Crippen LogP contribution in [0.3, 0.4) is 0 Å². The third-order valence-corrected chi connectivity index (χ3v) is 11.2. The van der Waals surface area contributed by atoms with Crippen LogP contribution in [0.25, 0.3) is 78.6 Å². The van der Waals surface area contributed by atoms with Gasteiger partial charge in [-0.15, -0.1) is 0 Å². The summed E-state index contributed by atoms with van der Waals surface area (Å²) in [5, 5.41) is 9.75. The number of hydrogen-bond donors (Lipinski definition) is 1. The lowest BCUT2D eigenvalue weighted by molar-refractivity contribution is 0.664. The molecule has 7 aromatic carbocycles. The van der Waals surface area contributed by atoms with E-state index < -0.39 is 0 Å². The Morgan fingerprint density at radius 3 is 2.07 bits per heavy atom. The van der Waals surface area contributed by atoms with Crippen LogP contribution < -0.4 is 15.9 Å². The molecule has 0 saturated heterocycles. The summed E-state index contributed by atoms with van der Waals surface area (Å²) in [6, 6.07) is 60.3. The van der Waals surface area contributed by atoms with E-state index in [1.54, 1.807) is 0 Å². The summed E-state index contributed by atoms with van der Waals surface area (Å²) in [4.78, 5) is 5.23. The minimum atomic E-state index is -0.228. The zero-order chi connectivity index (χ0) is 37.0. The van der Waals surface area contributed by atoms with E-state index in [4.69, 9.17) is 9.41 Å². The van der Waals surface area contributed by atoms with E-state index in [0.29, 0.717) is 0 Å². The summed E-state index contributed by atoms with van der Waals surface area (Å²) in [5.41, 5.74) is 14.0. The predicted octanol–water partition coefficient (Wildman–Crippen LogP) is 11.4. The highest BCUT2D eigenvalue weighted by Gasteiger charge is 2.24. The lowest BCUT2D eigenvalue weighted by atomic mass is 9.97. The molecule has 0 bridgehead atoms. The SMILES string of the molecule is C1=C(c2cccc3c2c2c(n3-c3cc(-c4cccc(-c5ccccc5)c4)cc4c3oc3ccccc34)=CCCC=2)NC(c2ccccc2)N=C1c1ccccc1. The average molecular weight is 720 g/mol. The van der Waals surface area contributed by atoms with E-state index in [0.717, 1.165) is 85.2 Å². The fraction of sp³-hybridized carbons (Fsp3) is 0.0577. The number of benzene rings is 7. The van der Waals surface area contributed by atoms with E-state index in [9.17, 15) is 0 Å². The molecule has 2 aromatic heterocycles. The second kappa shape index (κ2) is 13.3. The summed E-state index contributed by atoms with van der Waals surface area (Å²) in [5.74, 6) is 0. The Hall–Kier alpha value is -7.17. The highest BCUT2D eigenvalue weighted by atomic mass is 16.3. The van der Waals surface area contributed by atoms with Crippen LogP contribution in [0.4, 0.5) is 0 Å². The molecule has 1 N–H and O–H groups in total. The molecule has 0 spiro atoms. The van der Waals surface area contributed by atoms with Crippen LogP contribution in [-0.4, -0.2) is 10.3 Å². The van der Waals surface area contributed by atoms with Gasteiger partial charge < -0.3 is 14.3 Å². The molecule has 0 radical (unpaired) electrons. The maximum atomic E-state index is 6.82. The molecule has 1 aliphatic heterocycles. The molecule has 2 aliphatic rings. The first-order chi connectivity index (χ1) is 27.8. The number of aromatic nitrogens is 1. The molecule has 0 fully saturated rings. The van der Waals surface area contributed by atoms with E-state index >= 15 is 0 Å². The topological polar surface area (TPSA) is 42.5 Å². The first-order valence-electron chi connectivity index (χ1n) is 19.4. The molecular formula is C52H37N3O. The van der Waals surface area contributed by atoms with Crippen molar-refractivity contribution in [1.82, 2.24) is 9.88 Å². The Balaban J connectivity index is 1.16. The minimum Gasteiger partial charge on any atom is -0.454 e. The molecule has 266 valence electrons. The van der Waals surface area contributed by atoms with Crippen molar-refractivity contribution in [3.8, 4) is 27.9 Å². The maximum absolute atomic E-state index is 6.82. The van der Waals surface area contributed by atoms with Gasteiger partial charge in [-0.2, -0.15) is 0 Å². The molecule has 4 heteroatoms. The van der Waals surface area contributed by atoms with Crippen LogP contribution in [0.1, 0.15) is 35.7 Å². The predicted molar refractivity (Wildman–Crippen MR) is 232 cm³/mol. The number of hydrogen-bond acceptors (Lipinski definition) is 3. The van der Waals surface area contributed by atoms with Crippen molar-refractivity contribution in [2.75, 3.05) is 0 Å². The van der Waals surface area contributed by atoms with Crippen LogP contribution in [0.2, 0.25) is 0 Å². The van der Waals surface area contributed by atoms with Crippen LogP contribution in [0, 0.1) is 0 Å². The quantitative estimate of drug-likeness (QED) is 0.186. The highest BCUT2D eigenvalue weighted by molar-refractivity contribution is 6.14. The molecule has 1 aliphatic carbocycles. The Morgan fingerprint density at radius 2 is 1.25 bits per heavy atom. The Morgan fingerprint density at radius 1 is 0.571 bits per heavy atom. The van der Waals surface area contributed by atoms with E-state index in [1.807, 2.05) is 0 Å². The van der Waals surface area contributed by atoms with Crippen molar-refractivity contribution in [1.29, 1.82) is 0 Å². The molecule has 56 heavy (non-hydrogen) atoms. The molecular weight excluding hydrogens is 683 g/mol. The Labute approximate surface area is 324 Å². The van der Waals surface area contributed by atoms with Crippen molar-refractivity contribution in [2.45, 2.75) is 19.0 Å². The van der Waals surface area contributed by atoms with Crippen LogP contribution in [0.5, 0.6) is 0 Å². The summed E-state index contributed by atoms with van der Waals surface area (Å²) in [6.45, 7) is 0. The molecule has 1 atom stereocenters. The van der Waals surface area contributed by atoms with Crippen molar-refractivity contribution in [2.24, 2.45) is 4.99 Å². The van der Waals surface area contributed by atoms with Gasteiger partial charge in [-0.05, 0) is 82.6 Å². The number of allylic oxidation sites excluding steroid dienone is 1. The molecule has 11 rings (SSSR count). The van der Waals surface area contributed by atoms with Crippen LogP contribution >= 0.6 is 0 Å². The minimum absolute atomic E-state index is 0.228. The molecule has 3 heterocycles. The van der Waals surface area contributed by atoms with Crippen LogP contribution in [-0.2, 0) is 0 Å². The van der Waals surface area contributed by atoms with Gasteiger partial charge in [0.25, 0.3) is 0 Å². The van der Waals surface area contributed by atoms with E-state index in [2.05, 4.69) is 198 Å². The molecule has 0 saturated carbocycles. The van der Waals surface area contributed by atoms with Crippen molar-refractivity contribution in [3.05, 3.63) is 203 Å². The summed E-state index contributed by atoms with van der Waals surface area (Å²) in [7, 11) is 0. The lowest BCUT2D eigenvalue weighted by Crippen LogP contribution is -2.31. The number of nitrogens with zero attached hydrogens (tertiary/aromatic N) is 2. The number of fused-ring (bicyclic) bond motifs is 6. The number of nitrogens with one attached hydrogen (secondary N) is 1. The van der Waals surface area contributed by atoms with E-state index in [-0.39, 0.29) is 6.17 Å². The Kier molecular flexibility index (Phi) is 7.66. The first-order valence-corrected chi connectivity index (χ1v) is 19.4. The third-order valence-electron chi connectivity index (χ3n) is 11.2. The van der Waals surface area contributed by atoms with Gasteiger partial charge in [0.2, 0.25) is 0 Å². The smallest absolute Gasteiger partial charge is 0.159 e. The van der Waals surface area contributed by atoms with Gasteiger partial charge >= 0.3 is 0 Å². The normalized spacial score (nSPS) is 15.1. The molecule has 1 unspecified atom stereocenters. The second-order valence-corrected chi connectivity index (χ2v) is 14.6. The zero-order valence-corrected chi connectivity index (χ0v) is 30.7. The molecule has 4 nitrogen and oxygen atoms in total. The summed E-state index contributed by atoms with van der Waals surface area (Å²) >= 11 is 0. The number of para-hydroxylation sites is 1. The summed E-state index contributed by atoms with van der Waals surface area (Å²) in [6.07, 6.45) is 8.78. The first kappa shape index (κ1) is 32.3. The van der Waals surface area contributed by atoms with Gasteiger partial charge in [0.15, 0.2) is 5.58 Å². The zero-order valence-electron chi connectivity index (χ0n) is 30.7. The van der Waals surface area contributed by atoms with Crippen molar-refractivity contribution in [3.63, 3.8) is 0 Å². The summed E-state index contributed by atoms with van der Waals surface area (Å²) < 4.78 is 9.27. The van der Waals surface area contributed by atoms with Crippen LogP contribution in [0.15, 0.2) is 185 Å². The maximum Gasteiger partial charge on any atom is 0.159 e. The van der Waals surface area contributed by atoms with Crippen molar-refractivity contribution < 1.29 is 4.42 Å². The van der Waals surface area contributed by atoms with Gasteiger partial charge in [0.1, 0.15) is 11.7 Å². The van der Waals surface area contributed by atoms with Gasteiger partial charge in [0, 0.05) is 38.0 Å². The fourth-order valence-corrected chi connectivity index (χ4v) is 8.63. The number of rotatable bonds is 6. The van der Waals surface area contributed by atoms with Gasteiger partial charge in [-0.3, -0.25) is 4.99 Å². The second-order valence-electron chi connectivity index (χ2n) is 14.6. The fourth-order valence-electron chi connectivity index (χ4n) is 8.63. The largest absolute Gasteiger partial charge is 0.454 e. The Bertz CT molecular complexity index is 3150. The lowest BCUT2D eigenvalue weighted by Gasteiger charge is -2.25.